The van der Waals surface area contributed by atoms with Gasteiger partial charge in [-0.1, -0.05) is 6.42 Å². The molecule has 0 radical (unpaired) electrons. The number of rotatable bonds is 8. The highest BCUT2D eigenvalue weighted by Gasteiger charge is 2.36. The van der Waals surface area contributed by atoms with E-state index in [1.54, 1.807) is 21.3 Å². The third kappa shape index (κ3) is 4.82. The summed E-state index contributed by atoms with van der Waals surface area (Å²) in [6, 6.07) is 0. The number of methoxy groups -OCH3 is 2. The molecule has 106 valence electrons. The molecule has 5 heteroatoms. The van der Waals surface area contributed by atoms with E-state index in [1.165, 1.54) is 19.3 Å². The summed E-state index contributed by atoms with van der Waals surface area (Å²) in [6.45, 7) is 3.29. The van der Waals surface area contributed by atoms with Gasteiger partial charge in [0.2, 0.25) is 0 Å². The SMILES string of the molecule is CN=C(NCCOC)NCC1(CCOC)CCC1. The maximum Gasteiger partial charge on any atom is 0.191 e. The summed E-state index contributed by atoms with van der Waals surface area (Å²) in [5.41, 5.74) is 0.412. The molecule has 0 bridgehead atoms. The highest BCUT2D eigenvalue weighted by molar-refractivity contribution is 5.79. The first-order valence-corrected chi connectivity index (χ1v) is 6.69. The first-order valence-electron chi connectivity index (χ1n) is 6.69. The molecule has 0 aliphatic heterocycles. The number of hydrogen-bond acceptors (Lipinski definition) is 3. The van der Waals surface area contributed by atoms with E-state index in [1.807, 2.05) is 0 Å². The average Bonchev–Trinajstić information content (AvgIpc) is 2.35. The Kier molecular flexibility index (Phi) is 7.05. The van der Waals surface area contributed by atoms with Crippen molar-refractivity contribution in [2.45, 2.75) is 25.7 Å². The van der Waals surface area contributed by atoms with E-state index in [4.69, 9.17) is 9.47 Å². The molecular formula is C13H27N3O2. The van der Waals surface area contributed by atoms with Gasteiger partial charge in [-0.05, 0) is 24.7 Å². The lowest BCUT2D eigenvalue weighted by Gasteiger charge is -2.42. The van der Waals surface area contributed by atoms with Gasteiger partial charge in [0.1, 0.15) is 0 Å². The van der Waals surface area contributed by atoms with Gasteiger partial charge in [0.25, 0.3) is 0 Å². The molecule has 0 aromatic rings. The Morgan fingerprint density at radius 2 is 1.89 bits per heavy atom. The molecule has 0 aromatic heterocycles. The average molecular weight is 257 g/mol. The Hall–Kier alpha value is -0.810. The third-order valence-corrected chi connectivity index (χ3v) is 3.70. The van der Waals surface area contributed by atoms with Crippen LogP contribution >= 0.6 is 0 Å². The van der Waals surface area contributed by atoms with Crippen molar-refractivity contribution in [3.05, 3.63) is 0 Å². The summed E-state index contributed by atoms with van der Waals surface area (Å²) in [6.07, 6.45) is 5.05. The highest BCUT2D eigenvalue weighted by atomic mass is 16.5. The minimum Gasteiger partial charge on any atom is -0.385 e. The number of hydrogen-bond donors (Lipinski definition) is 2. The number of aliphatic imine (C=N–C) groups is 1. The second-order valence-electron chi connectivity index (χ2n) is 4.94. The van der Waals surface area contributed by atoms with Crippen LogP contribution in [0.3, 0.4) is 0 Å². The number of nitrogens with zero attached hydrogens (tertiary/aromatic N) is 1. The van der Waals surface area contributed by atoms with Crippen LogP contribution in [0.4, 0.5) is 0 Å². The summed E-state index contributed by atoms with van der Waals surface area (Å²) in [5, 5.41) is 6.64. The van der Waals surface area contributed by atoms with Gasteiger partial charge in [-0.3, -0.25) is 4.99 Å². The van der Waals surface area contributed by atoms with Crippen LogP contribution in [-0.4, -0.2) is 53.5 Å². The Balaban J connectivity index is 2.27. The maximum absolute atomic E-state index is 5.20. The van der Waals surface area contributed by atoms with Gasteiger partial charge in [-0.15, -0.1) is 0 Å². The predicted molar refractivity (Wildman–Crippen MR) is 74.0 cm³/mol. The van der Waals surface area contributed by atoms with Crippen molar-refractivity contribution in [3.63, 3.8) is 0 Å². The fourth-order valence-electron chi connectivity index (χ4n) is 2.27. The number of guanidine groups is 1. The first kappa shape index (κ1) is 15.2. The first-order chi connectivity index (χ1) is 8.76. The van der Waals surface area contributed by atoms with Crippen LogP contribution in [0.15, 0.2) is 4.99 Å². The van der Waals surface area contributed by atoms with Crippen molar-refractivity contribution in [1.82, 2.24) is 10.6 Å². The molecule has 0 atom stereocenters. The minimum absolute atomic E-state index is 0.412. The van der Waals surface area contributed by atoms with Crippen LogP contribution in [0.5, 0.6) is 0 Å². The molecule has 0 amide bonds. The second kappa shape index (κ2) is 8.32. The fourth-order valence-corrected chi connectivity index (χ4v) is 2.27. The van der Waals surface area contributed by atoms with E-state index in [9.17, 15) is 0 Å². The van der Waals surface area contributed by atoms with Crippen molar-refractivity contribution in [1.29, 1.82) is 0 Å². The Labute approximate surface area is 110 Å². The summed E-state index contributed by atoms with van der Waals surface area (Å²) in [7, 11) is 5.27. The maximum atomic E-state index is 5.20. The van der Waals surface area contributed by atoms with E-state index in [2.05, 4.69) is 15.6 Å². The van der Waals surface area contributed by atoms with E-state index < -0.39 is 0 Å². The van der Waals surface area contributed by atoms with Crippen molar-refractivity contribution < 1.29 is 9.47 Å². The monoisotopic (exact) mass is 257 g/mol. The molecule has 1 aliphatic rings. The van der Waals surface area contributed by atoms with E-state index in [-0.39, 0.29) is 0 Å². The Morgan fingerprint density at radius 3 is 2.39 bits per heavy atom. The standard InChI is InChI=1S/C13H27N3O2/c1-14-12(15-8-10-18-3)16-11-13(5-4-6-13)7-9-17-2/h4-11H2,1-3H3,(H2,14,15,16). The highest BCUT2D eigenvalue weighted by Crippen LogP contribution is 2.43. The number of ether oxygens (including phenoxy) is 2. The van der Waals surface area contributed by atoms with E-state index in [0.29, 0.717) is 12.0 Å². The van der Waals surface area contributed by atoms with Crippen molar-refractivity contribution in [2.75, 3.05) is 47.6 Å². The van der Waals surface area contributed by atoms with Crippen LogP contribution in [0.1, 0.15) is 25.7 Å². The smallest absolute Gasteiger partial charge is 0.191 e. The topological polar surface area (TPSA) is 54.9 Å². The Morgan fingerprint density at radius 1 is 1.17 bits per heavy atom. The van der Waals surface area contributed by atoms with Gasteiger partial charge in [0.05, 0.1) is 6.61 Å². The molecule has 1 fully saturated rings. The summed E-state index contributed by atoms with van der Waals surface area (Å²) < 4.78 is 10.2. The molecule has 1 saturated carbocycles. The molecule has 0 spiro atoms. The number of nitrogens with one attached hydrogen (secondary N) is 2. The van der Waals surface area contributed by atoms with Gasteiger partial charge in [-0.25, -0.2) is 0 Å². The molecule has 1 aliphatic carbocycles. The van der Waals surface area contributed by atoms with Crippen molar-refractivity contribution in [2.24, 2.45) is 10.4 Å². The van der Waals surface area contributed by atoms with Crippen LogP contribution in [0.2, 0.25) is 0 Å². The van der Waals surface area contributed by atoms with Crippen LogP contribution < -0.4 is 10.6 Å². The van der Waals surface area contributed by atoms with Crippen LogP contribution in [-0.2, 0) is 9.47 Å². The summed E-state index contributed by atoms with van der Waals surface area (Å²) >= 11 is 0. The zero-order valence-corrected chi connectivity index (χ0v) is 11.9. The second-order valence-corrected chi connectivity index (χ2v) is 4.94. The van der Waals surface area contributed by atoms with Gasteiger partial charge >= 0.3 is 0 Å². The third-order valence-electron chi connectivity index (χ3n) is 3.70. The van der Waals surface area contributed by atoms with Crippen molar-refractivity contribution >= 4 is 5.96 Å². The minimum atomic E-state index is 0.412. The molecule has 18 heavy (non-hydrogen) atoms. The normalized spacial score (nSPS) is 18.3. The quantitative estimate of drug-likeness (QED) is 0.387. The van der Waals surface area contributed by atoms with Crippen LogP contribution in [0.25, 0.3) is 0 Å². The van der Waals surface area contributed by atoms with Gasteiger partial charge in [-0.2, -0.15) is 0 Å². The molecule has 5 nitrogen and oxygen atoms in total. The van der Waals surface area contributed by atoms with Crippen LogP contribution in [0, 0.1) is 5.41 Å². The molecule has 0 unspecified atom stereocenters. The lowest BCUT2D eigenvalue weighted by molar-refractivity contribution is 0.0732. The molecular weight excluding hydrogens is 230 g/mol. The van der Waals surface area contributed by atoms with Gasteiger partial charge in [0, 0.05) is 41.0 Å². The molecule has 0 aromatic carbocycles. The lowest BCUT2D eigenvalue weighted by Crippen LogP contribution is -2.47. The largest absolute Gasteiger partial charge is 0.385 e. The van der Waals surface area contributed by atoms with Gasteiger partial charge in [0.15, 0.2) is 5.96 Å². The summed E-state index contributed by atoms with van der Waals surface area (Å²) in [5.74, 6) is 0.857. The Bertz CT molecular complexity index is 253. The lowest BCUT2D eigenvalue weighted by atomic mass is 9.67. The molecule has 0 saturated heterocycles. The van der Waals surface area contributed by atoms with E-state index in [0.717, 1.165) is 32.1 Å². The zero-order valence-electron chi connectivity index (χ0n) is 11.9. The summed E-state index contributed by atoms with van der Waals surface area (Å²) in [4.78, 5) is 4.21. The fraction of sp³-hybridized carbons (Fsp3) is 0.923. The zero-order chi connectivity index (χ0) is 13.3. The predicted octanol–water partition coefficient (Wildman–Crippen LogP) is 1.00. The van der Waals surface area contributed by atoms with E-state index >= 15 is 0 Å². The molecule has 0 heterocycles. The van der Waals surface area contributed by atoms with Gasteiger partial charge < -0.3 is 20.1 Å². The van der Waals surface area contributed by atoms with Crippen molar-refractivity contribution in [3.8, 4) is 0 Å². The molecule has 2 N–H and O–H groups in total. The molecule has 1 rings (SSSR count).